The number of nitrogens with zero attached hydrogens (tertiary/aromatic N) is 2. The Morgan fingerprint density at radius 2 is 2.10 bits per heavy atom. The molecule has 20 heavy (non-hydrogen) atoms. The summed E-state index contributed by atoms with van der Waals surface area (Å²) in [6.45, 7) is 3.61. The Morgan fingerprint density at radius 1 is 1.20 bits per heavy atom. The van der Waals surface area contributed by atoms with E-state index < -0.39 is 0 Å². The lowest BCUT2D eigenvalue weighted by Crippen LogP contribution is -2.28. The SMILES string of the molecule is Nc1ccc(CCN2CCOc3ccccc3C2)nc1. The lowest BCUT2D eigenvalue weighted by atomic mass is 10.2. The van der Waals surface area contributed by atoms with Crippen LogP contribution in [0.5, 0.6) is 5.75 Å². The van der Waals surface area contributed by atoms with E-state index in [0.717, 1.165) is 44.1 Å². The van der Waals surface area contributed by atoms with Crippen LogP contribution in [0.1, 0.15) is 11.3 Å². The van der Waals surface area contributed by atoms with Gasteiger partial charge in [0.1, 0.15) is 12.4 Å². The number of aromatic nitrogens is 1. The van der Waals surface area contributed by atoms with Gasteiger partial charge in [-0.1, -0.05) is 18.2 Å². The molecular weight excluding hydrogens is 250 g/mol. The summed E-state index contributed by atoms with van der Waals surface area (Å²) in [5, 5.41) is 0. The van der Waals surface area contributed by atoms with Crippen molar-refractivity contribution in [2.75, 3.05) is 25.4 Å². The summed E-state index contributed by atoms with van der Waals surface area (Å²) in [6, 6.07) is 12.2. The monoisotopic (exact) mass is 269 g/mol. The number of benzene rings is 1. The molecule has 2 aromatic rings. The van der Waals surface area contributed by atoms with Gasteiger partial charge in [-0.2, -0.15) is 0 Å². The summed E-state index contributed by atoms with van der Waals surface area (Å²) in [5.41, 5.74) is 8.70. The maximum atomic E-state index is 5.77. The van der Waals surface area contributed by atoms with Gasteiger partial charge >= 0.3 is 0 Å². The smallest absolute Gasteiger partial charge is 0.123 e. The van der Waals surface area contributed by atoms with Crippen molar-refractivity contribution in [1.29, 1.82) is 0 Å². The van der Waals surface area contributed by atoms with E-state index in [9.17, 15) is 0 Å². The third kappa shape index (κ3) is 3.08. The van der Waals surface area contributed by atoms with Crippen LogP contribution in [-0.4, -0.2) is 29.6 Å². The summed E-state index contributed by atoms with van der Waals surface area (Å²) in [6.07, 6.45) is 2.65. The molecule has 4 heteroatoms. The highest BCUT2D eigenvalue weighted by molar-refractivity contribution is 5.35. The molecule has 1 aromatic carbocycles. The van der Waals surface area contributed by atoms with E-state index in [4.69, 9.17) is 10.5 Å². The van der Waals surface area contributed by atoms with Gasteiger partial charge in [0.15, 0.2) is 0 Å². The predicted molar refractivity (Wildman–Crippen MR) is 79.6 cm³/mol. The van der Waals surface area contributed by atoms with Crippen LogP contribution in [0, 0.1) is 0 Å². The zero-order valence-corrected chi connectivity index (χ0v) is 11.5. The molecule has 0 bridgehead atoms. The molecular formula is C16H19N3O. The molecule has 3 rings (SSSR count). The quantitative estimate of drug-likeness (QED) is 0.927. The van der Waals surface area contributed by atoms with Gasteiger partial charge in [0.2, 0.25) is 0 Å². The molecule has 0 amide bonds. The molecule has 0 spiro atoms. The van der Waals surface area contributed by atoms with Crippen LogP contribution in [-0.2, 0) is 13.0 Å². The van der Waals surface area contributed by atoms with Gasteiger partial charge in [-0.05, 0) is 18.2 Å². The number of hydrogen-bond acceptors (Lipinski definition) is 4. The first-order valence-corrected chi connectivity index (χ1v) is 6.95. The van der Waals surface area contributed by atoms with Gasteiger partial charge in [-0.15, -0.1) is 0 Å². The maximum absolute atomic E-state index is 5.77. The van der Waals surface area contributed by atoms with E-state index in [0.29, 0.717) is 5.69 Å². The van der Waals surface area contributed by atoms with E-state index in [1.807, 2.05) is 24.3 Å². The minimum absolute atomic E-state index is 0.714. The van der Waals surface area contributed by atoms with Crippen molar-refractivity contribution in [2.45, 2.75) is 13.0 Å². The Balaban J connectivity index is 1.62. The Labute approximate surface area is 119 Å². The topological polar surface area (TPSA) is 51.4 Å². The molecule has 104 valence electrons. The second-order valence-corrected chi connectivity index (χ2v) is 5.07. The number of para-hydroxylation sites is 1. The number of nitrogen functional groups attached to an aromatic ring is 1. The molecule has 1 aliphatic heterocycles. The largest absolute Gasteiger partial charge is 0.492 e. The van der Waals surface area contributed by atoms with Gasteiger partial charge in [0.25, 0.3) is 0 Å². The standard InChI is InChI=1S/C16H19N3O/c17-14-5-6-15(18-11-14)7-8-19-9-10-20-16-4-2-1-3-13(16)12-19/h1-6,11H,7-10,12,17H2. The zero-order chi connectivity index (χ0) is 13.8. The minimum Gasteiger partial charge on any atom is -0.492 e. The Bertz CT molecular complexity index is 568. The van der Waals surface area contributed by atoms with E-state index >= 15 is 0 Å². The molecule has 0 unspecified atom stereocenters. The Kier molecular flexibility index (Phi) is 3.83. The van der Waals surface area contributed by atoms with Gasteiger partial charge in [0, 0.05) is 37.3 Å². The van der Waals surface area contributed by atoms with Crippen LogP contribution in [0.3, 0.4) is 0 Å². The van der Waals surface area contributed by atoms with Crippen molar-refractivity contribution in [3.8, 4) is 5.75 Å². The third-order valence-electron chi connectivity index (χ3n) is 3.56. The highest BCUT2D eigenvalue weighted by Crippen LogP contribution is 2.22. The van der Waals surface area contributed by atoms with Crippen molar-refractivity contribution in [3.63, 3.8) is 0 Å². The summed E-state index contributed by atoms with van der Waals surface area (Å²) >= 11 is 0. The van der Waals surface area contributed by atoms with Gasteiger partial charge in [-0.3, -0.25) is 9.88 Å². The molecule has 1 aliphatic rings. The molecule has 0 atom stereocenters. The van der Waals surface area contributed by atoms with E-state index in [-0.39, 0.29) is 0 Å². The molecule has 2 N–H and O–H groups in total. The number of fused-ring (bicyclic) bond motifs is 1. The molecule has 0 aliphatic carbocycles. The van der Waals surface area contributed by atoms with E-state index in [1.54, 1.807) is 6.20 Å². The number of ether oxygens (including phenoxy) is 1. The first-order chi connectivity index (χ1) is 9.81. The number of anilines is 1. The highest BCUT2D eigenvalue weighted by Gasteiger charge is 2.14. The fourth-order valence-electron chi connectivity index (χ4n) is 2.43. The van der Waals surface area contributed by atoms with Crippen LogP contribution in [0.2, 0.25) is 0 Å². The molecule has 0 saturated heterocycles. The average Bonchev–Trinajstić information content (AvgIpc) is 2.68. The Morgan fingerprint density at radius 3 is 2.95 bits per heavy atom. The normalized spacial score (nSPS) is 15.2. The lowest BCUT2D eigenvalue weighted by Gasteiger charge is -2.18. The average molecular weight is 269 g/mol. The molecule has 0 fully saturated rings. The van der Waals surface area contributed by atoms with Crippen LogP contribution in [0.15, 0.2) is 42.6 Å². The van der Waals surface area contributed by atoms with Gasteiger partial charge in [-0.25, -0.2) is 0 Å². The maximum Gasteiger partial charge on any atom is 0.123 e. The fourth-order valence-corrected chi connectivity index (χ4v) is 2.43. The van der Waals surface area contributed by atoms with Gasteiger partial charge < -0.3 is 10.5 Å². The summed E-state index contributed by atoms with van der Waals surface area (Å²) in [4.78, 5) is 6.75. The van der Waals surface area contributed by atoms with Crippen molar-refractivity contribution in [1.82, 2.24) is 9.88 Å². The predicted octanol–water partition coefficient (Wildman–Crippen LogP) is 2.10. The number of rotatable bonds is 3. The first kappa shape index (κ1) is 12.9. The molecule has 2 heterocycles. The van der Waals surface area contributed by atoms with Crippen LogP contribution < -0.4 is 10.5 Å². The molecule has 0 saturated carbocycles. The van der Waals surface area contributed by atoms with E-state index in [2.05, 4.69) is 22.0 Å². The number of pyridine rings is 1. The molecule has 1 aromatic heterocycles. The fraction of sp³-hybridized carbons (Fsp3) is 0.312. The van der Waals surface area contributed by atoms with Crippen molar-refractivity contribution < 1.29 is 4.74 Å². The van der Waals surface area contributed by atoms with Crippen molar-refractivity contribution in [2.24, 2.45) is 0 Å². The molecule has 0 radical (unpaired) electrons. The van der Waals surface area contributed by atoms with Crippen molar-refractivity contribution in [3.05, 3.63) is 53.9 Å². The third-order valence-corrected chi connectivity index (χ3v) is 3.56. The second kappa shape index (κ2) is 5.92. The summed E-state index contributed by atoms with van der Waals surface area (Å²) < 4.78 is 5.77. The van der Waals surface area contributed by atoms with Crippen LogP contribution in [0.4, 0.5) is 5.69 Å². The van der Waals surface area contributed by atoms with Gasteiger partial charge in [0.05, 0.1) is 11.9 Å². The highest BCUT2D eigenvalue weighted by atomic mass is 16.5. The number of hydrogen-bond donors (Lipinski definition) is 1. The lowest BCUT2D eigenvalue weighted by molar-refractivity contribution is 0.227. The second-order valence-electron chi connectivity index (χ2n) is 5.07. The zero-order valence-electron chi connectivity index (χ0n) is 11.5. The summed E-state index contributed by atoms with van der Waals surface area (Å²) in [7, 11) is 0. The number of nitrogens with two attached hydrogens (primary N) is 1. The summed E-state index contributed by atoms with van der Waals surface area (Å²) in [5.74, 6) is 1.01. The minimum atomic E-state index is 0.714. The molecule has 4 nitrogen and oxygen atoms in total. The van der Waals surface area contributed by atoms with Crippen LogP contribution in [0.25, 0.3) is 0 Å². The Hall–Kier alpha value is -2.07. The first-order valence-electron chi connectivity index (χ1n) is 6.95. The van der Waals surface area contributed by atoms with E-state index in [1.165, 1.54) is 5.56 Å². The van der Waals surface area contributed by atoms with Crippen LogP contribution >= 0.6 is 0 Å². The van der Waals surface area contributed by atoms with Crippen molar-refractivity contribution >= 4 is 5.69 Å².